The molecule has 0 unspecified atom stereocenters. The molecule has 2 aromatic heterocycles. The summed E-state index contributed by atoms with van der Waals surface area (Å²) in [5.41, 5.74) is 1.22. The molecular weight excluding hydrogens is 292 g/mol. The van der Waals surface area contributed by atoms with Crippen molar-refractivity contribution in [2.75, 3.05) is 19.6 Å². The Balaban J connectivity index is 0.00000147. The lowest BCUT2D eigenvalue weighted by Gasteiger charge is -2.31. The highest BCUT2D eigenvalue weighted by Crippen LogP contribution is 2.28. The predicted molar refractivity (Wildman–Crippen MR) is 86.5 cm³/mol. The number of hydrogen-bond donors (Lipinski definition) is 1. The van der Waals surface area contributed by atoms with E-state index in [2.05, 4.69) is 40.6 Å². The summed E-state index contributed by atoms with van der Waals surface area (Å²) in [6, 6.07) is 5.06. The highest BCUT2D eigenvalue weighted by molar-refractivity contribution is 7.15. The third kappa shape index (κ3) is 3.61. The molecule has 1 saturated heterocycles. The summed E-state index contributed by atoms with van der Waals surface area (Å²) in [4.78, 5) is 5.28. The first-order chi connectivity index (χ1) is 9.20. The number of rotatable bonds is 3. The lowest BCUT2D eigenvalue weighted by atomic mass is 10.2. The van der Waals surface area contributed by atoms with E-state index >= 15 is 0 Å². The third-order valence-corrected chi connectivity index (χ3v) is 4.60. The van der Waals surface area contributed by atoms with Gasteiger partial charge in [0.05, 0.1) is 6.20 Å². The molecule has 1 atom stereocenters. The molecule has 110 valence electrons. The summed E-state index contributed by atoms with van der Waals surface area (Å²) >= 11 is 1.88. The Morgan fingerprint density at radius 1 is 1.45 bits per heavy atom. The van der Waals surface area contributed by atoms with E-state index in [-0.39, 0.29) is 12.4 Å². The molecule has 1 fully saturated rings. The summed E-state index contributed by atoms with van der Waals surface area (Å²) in [6.45, 7) is 6.70. The Morgan fingerprint density at radius 2 is 2.30 bits per heavy atom. The van der Waals surface area contributed by atoms with Crippen LogP contribution in [0.1, 0.15) is 11.8 Å². The topological polar surface area (TPSA) is 33.1 Å². The number of thiophene rings is 1. The molecule has 2 aromatic rings. The van der Waals surface area contributed by atoms with Crippen molar-refractivity contribution < 1.29 is 0 Å². The molecule has 1 aliphatic heterocycles. The first-order valence-electron chi connectivity index (χ1n) is 6.74. The monoisotopic (exact) mass is 312 g/mol. The number of aromatic nitrogens is 2. The van der Waals surface area contributed by atoms with Gasteiger partial charge in [0.15, 0.2) is 0 Å². The van der Waals surface area contributed by atoms with Crippen LogP contribution in [0.25, 0.3) is 10.4 Å². The molecular formula is C14H21ClN4S. The number of halogens is 1. The van der Waals surface area contributed by atoms with Crippen LogP contribution < -0.4 is 5.32 Å². The Labute approximate surface area is 130 Å². The van der Waals surface area contributed by atoms with E-state index in [4.69, 9.17) is 0 Å². The smallest absolute Gasteiger partial charge is 0.0576 e. The van der Waals surface area contributed by atoms with Gasteiger partial charge in [-0.05, 0) is 19.1 Å². The van der Waals surface area contributed by atoms with Gasteiger partial charge in [-0.2, -0.15) is 5.10 Å². The van der Waals surface area contributed by atoms with E-state index in [9.17, 15) is 0 Å². The van der Waals surface area contributed by atoms with Crippen molar-refractivity contribution in [3.05, 3.63) is 29.4 Å². The summed E-state index contributed by atoms with van der Waals surface area (Å²) in [5.74, 6) is 0. The van der Waals surface area contributed by atoms with Gasteiger partial charge in [-0.3, -0.25) is 9.58 Å². The van der Waals surface area contributed by atoms with E-state index in [1.807, 2.05) is 29.3 Å². The Kier molecular flexibility index (Phi) is 5.21. The van der Waals surface area contributed by atoms with Gasteiger partial charge in [0.1, 0.15) is 0 Å². The molecule has 0 saturated carbocycles. The minimum atomic E-state index is 0. The van der Waals surface area contributed by atoms with E-state index in [1.54, 1.807) is 0 Å². The first-order valence-corrected chi connectivity index (χ1v) is 7.56. The summed E-state index contributed by atoms with van der Waals surface area (Å²) < 4.78 is 1.85. The zero-order valence-electron chi connectivity index (χ0n) is 11.9. The van der Waals surface area contributed by atoms with Gasteiger partial charge < -0.3 is 5.32 Å². The van der Waals surface area contributed by atoms with Crippen molar-refractivity contribution in [2.24, 2.45) is 7.05 Å². The second-order valence-electron chi connectivity index (χ2n) is 5.26. The third-order valence-electron chi connectivity index (χ3n) is 3.48. The summed E-state index contributed by atoms with van der Waals surface area (Å²) in [5, 5.41) is 7.71. The first kappa shape index (κ1) is 15.5. The van der Waals surface area contributed by atoms with Crippen molar-refractivity contribution >= 4 is 23.7 Å². The number of aryl methyl sites for hydroxylation is 1. The summed E-state index contributed by atoms with van der Waals surface area (Å²) in [7, 11) is 1.96. The SMILES string of the molecule is C[C@@H]1CN(Cc2ccc(-c3cnn(C)c3)s2)CCN1.Cl. The number of hydrogen-bond acceptors (Lipinski definition) is 4. The van der Waals surface area contributed by atoms with Gasteiger partial charge >= 0.3 is 0 Å². The van der Waals surface area contributed by atoms with Gasteiger partial charge in [0, 0.05) is 60.8 Å². The van der Waals surface area contributed by atoms with Crippen molar-refractivity contribution in [2.45, 2.75) is 19.5 Å². The average Bonchev–Trinajstić information content (AvgIpc) is 2.98. The molecule has 1 aliphatic rings. The van der Waals surface area contributed by atoms with Crippen LogP contribution in [0.2, 0.25) is 0 Å². The molecule has 4 nitrogen and oxygen atoms in total. The molecule has 3 heterocycles. The fraction of sp³-hybridized carbons (Fsp3) is 0.500. The second kappa shape index (κ2) is 6.72. The van der Waals surface area contributed by atoms with E-state index in [1.165, 1.54) is 15.3 Å². The molecule has 0 radical (unpaired) electrons. The Hall–Kier alpha value is -0.880. The van der Waals surface area contributed by atoms with Crippen LogP contribution in [-0.2, 0) is 13.6 Å². The number of nitrogens with zero attached hydrogens (tertiary/aromatic N) is 3. The maximum atomic E-state index is 4.23. The van der Waals surface area contributed by atoms with Crippen LogP contribution in [0, 0.1) is 0 Å². The van der Waals surface area contributed by atoms with Gasteiger partial charge in [-0.25, -0.2) is 0 Å². The van der Waals surface area contributed by atoms with E-state index < -0.39 is 0 Å². The van der Waals surface area contributed by atoms with Crippen molar-refractivity contribution in [1.82, 2.24) is 20.0 Å². The zero-order chi connectivity index (χ0) is 13.2. The van der Waals surface area contributed by atoms with Crippen LogP contribution in [0.5, 0.6) is 0 Å². The summed E-state index contributed by atoms with van der Waals surface area (Å²) in [6.07, 6.45) is 4.00. The lowest BCUT2D eigenvalue weighted by molar-refractivity contribution is 0.201. The van der Waals surface area contributed by atoms with Crippen LogP contribution in [0.4, 0.5) is 0 Å². The molecule has 0 aliphatic carbocycles. The molecule has 0 amide bonds. The Bertz CT molecular complexity index is 551. The van der Waals surface area contributed by atoms with Gasteiger partial charge in [0.2, 0.25) is 0 Å². The maximum absolute atomic E-state index is 4.23. The molecule has 20 heavy (non-hydrogen) atoms. The van der Waals surface area contributed by atoms with E-state index in [0.717, 1.165) is 26.2 Å². The van der Waals surface area contributed by atoms with Crippen LogP contribution >= 0.6 is 23.7 Å². The molecule has 0 spiro atoms. The normalized spacial score (nSPS) is 19.8. The predicted octanol–water partition coefficient (Wildman–Crippen LogP) is 2.36. The van der Waals surface area contributed by atoms with Gasteiger partial charge in [-0.1, -0.05) is 0 Å². The van der Waals surface area contributed by atoms with E-state index in [0.29, 0.717) is 6.04 Å². The van der Waals surface area contributed by atoms with Crippen LogP contribution in [0.3, 0.4) is 0 Å². The quantitative estimate of drug-likeness (QED) is 0.944. The largest absolute Gasteiger partial charge is 0.312 e. The van der Waals surface area contributed by atoms with Crippen LogP contribution in [0.15, 0.2) is 24.5 Å². The second-order valence-corrected chi connectivity index (χ2v) is 6.43. The zero-order valence-corrected chi connectivity index (χ0v) is 13.5. The number of nitrogens with one attached hydrogen (secondary N) is 1. The Morgan fingerprint density at radius 3 is 3.00 bits per heavy atom. The molecule has 0 aromatic carbocycles. The minimum Gasteiger partial charge on any atom is -0.312 e. The fourth-order valence-electron chi connectivity index (χ4n) is 2.54. The fourth-order valence-corrected chi connectivity index (χ4v) is 3.57. The average molecular weight is 313 g/mol. The highest BCUT2D eigenvalue weighted by Gasteiger charge is 2.16. The molecule has 0 bridgehead atoms. The van der Waals surface area contributed by atoms with Crippen molar-refractivity contribution in [3.8, 4) is 10.4 Å². The lowest BCUT2D eigenvalue weighted by Crippen LogP contribution is -2.48. The van der Waals surface area contributed by atoms with Crippen molar-refractivity contribution in [1.29, 1.82) is 0 Å². The van der Waals surface area contributed by atoms with Crippen LogP contribution in [-0.4, -0.2) is 40.4 Å². The highest BCUT2D eigenvalue weighted by atomic mass is 35.5. The minimum absolute atomic E-state index is 0. The molecule has 3 rings (SSSR count). The number of piperazine rings is 1. The van der Waals surface area contributed by atoms with Gasteiger partial charge in [0.25, 0.3) is 0 Å². The maximum Gasteiger partial charge on any atom is 0.0576 e. The molecule has 1 N–H and O–H groups in total. The van der Waals surface area contributed by atoms with Gasteiger partial charge in [-0.15, -0.1) is 23.7 Å². The van der Waals surface area contributed by atoms with Crippen molar-refractivity contribution in [3.63, 3.8) is 0 Å². The molecule has 6 heteroatoms. The standard InChI is InChI=1S/C14H20N4S.ClH/c1-11-8-18(6-5-15-11)10-13-3-4-14(19-13)12-7-16-17(2)9-12;/h3-4,7,9,11,15H,5-6,8,10H2,1-2H3;1H/t11-;/m1./s1.